The quantitative estimate of drug-likeness (QED) is 0.597. The highest BCUT2D eigenvalue weighted by Crippen LogP contribution is 2.08. The molecule has 0 saturated carbocycles. The van der Waals surface area contributed by atoms with Crippen molar-refractivity contribution in [3.05, 3.63) is 54.9 Å². The van der Waals surface area contributed by atoms with Crippen LogP contribution in [-0.4, -0.2) is 15.0 Å². The maximum absolute atomic E-state index is 4.14. The Morgan fingerprint density at radius 3 is 2.69 bits per heavy atom. The molecule has 0 radical (unpaired) electrons. The van der Waals surface area contributed by atoms with Gasteiger partial charge in [0.15, 0.2) is 12.4 Å². The minimum absolute atomic E-state index is 0.682. The number of hydrogen-bond donors (Lipinski definition) is 0. The summed E-state index contributed by atoms with van der Waals surface area (Å²) in [6.45, 7) is 0.682. The summed E-state index contributed by atoms with van der Waals surface area (Å²) in [4.78, 5) is 0. The van der Waals surface area contributed by atoms with Crippen LogP contribution in [0.1, 0.15) is 0 Å². The number of rotatable bonds is 2. The van der Waals surface area contributed by atoms with Gasteiger partial charge in [-0.2, -0.15) is 9.25 Å². The lowest BCUT2D eigenvalue weighted by molar-refractivity contribution is -0.702. The Morgan fingerprint density at radius 2 is 1.81 bits per heavy atom. The maximum atomic E-state index is 4.14. The van der Waals surface area contributed by atoms with Crippen molar-refractivity contribution in [3.63, 3.8) is 0 Å². The van der Waals surface area contributed by atoms with Gasteiger partial charge >= 0.3 is 0 Å². The molecule has 2 heterocycles. The standard InChI is InChI=1S/C12H11N4/c1-4-8-15(9-5-1)10-16-12-7-3-2-6-11(12)13-14-16/h1-9H,10H2/q+1. The molecular weight excluding hydrogens is 200 g/mol. The molecule has 4 nitrogen and oxygen atoms in total. The first kappa shape index (κ1) is 9.03. The molecule has 0 aliphatic carbocycles. The molecule has 4 heteroatoms. The molecule has 0 aliphatic rings. The molecule has 1 aromatic carbocycles. The average molecular weight is 211 g/mol. The largest absolute Gasteiger partial charge is 0.244 e. The zero-order chi connectivity index (χ0) is 10.8. The third-order valence-corrected chi connectivity index (χ3v) is 2.49. The molecule has 0 amide bonds. The van der Waals surface area contributed by atoms with Gasteiger partial charge in [-0.3, -0.25) is 0 Å². The van der Waals surface area contributed by atoms with Crippen LogP contribution in [0.5, 0.6) is 0 Å². The number of aromatic nitrogens is 4. The summed E-state index contributed by atoms with van der Waals surface area (Å²) < 4.78 is 3.94. The summed E-state index contributed by atoms with van der Waals surface area (Å²) in [7, 11) is 0. The summed E-state index contributed by atoms with van der Waals surface area (Å²) in [6.07, 6.45) is 4.02. The van der Waals surface area contributed by atoms with E-state index in [1.54, 1.807) is 0 Å². The van der Waals surface area contributed by atoms with Crippen molar-refractivity contribution < 1.29 is 4.57 Å². The molecule has 0 saturated heterocycles. The second-order valence-electron chi connectivity index (χ2n) is 3.61. The van der Waals surface area contributed by atoms with Crippen molar-refractivity contribution in [2.24, 2.45) is 0 Å². The van der Waals surface area contributed by atoms with Gasteiger partial charge in [0.2, 0.25) is 6.67 Å². The van der Waals surface area contributed by atoms with Crippen molar-refractivity contribution in [3.8, 4) is 0 Å². The Labute approximate surface area is 92.8 Å². The van der Waals surface area contributed by atoms with E-state index in [1.165, 1.54) is 0 Å². The first-order valence-electron chi connectivity index (χ1n) is 5.16. The van der Waals surface area contributed by atoms with Crippen LogP contribution in [0.15, 0.2) is 54.9 Å². The van der Waals surface area contributed by atoms with Crippen LogP contribution in [-0.2, 0) is 6.67 Å². The Hall–Kier alpha value is -2.23. The van der Waals surface area contributed by atoms with Crippen LogP contribution in [0.25, 0.3) is 11.0 Å². The van der Waals surface area contributed by atoms with Crippen LogP contribution < -0.4 is 4.57 Å². The van der Waals surface area contributed by atoms with Crippen LogP contribution in [0, 0.1) is 0 Å². The second-order valence-corrected chi connectivity index (χ2v) is 3.61. The van der Waals surface area contributed by atoms with Crippen molar-refractivity contribution >= 4 is 11.0 Å². The fourth-order valence-corrected chi connectivity index (χ4v) is 1.71. The Kier molecular flexibility index (Phi) is 2.11. The smallest absolute Gasteiger partial charge is 0.184 e. The van der Waals surface area contributed by atoms with Crippen LogP contribution >= 0.6 is 0 Å². The molecular formula is C12H11N4+. The van der Waals surface area contributed by atoms with Crippen LogP contribution in [0.3, 0.4) is 0 Å². The highest BCUT2D eigenvalue weighted by Gasteiger charge is 2.06. The van der Waals surface area contributed by atoms with Crippen molar-refractivity contribution in [2.45, 2.75) is 6.67 Å². The fourth-order valence-electron chi connectivity index (χ4n) is 1.71. The molecule has 0 N–H and O–H groups in total. The lowest BCUT2D eigenvalue weighted by atomic mass is 10.3. The summed E-state index contributed by atoms with van der Waals surface area (Å²) in [5.74, 6) is 0. The monoisotopic (exact) mass is 211 g/mol. The molecule has 2 aromatic heterocycles. The topological polar surface area (TPSA) is 34.6 Å². The molecule has 78 valence electrons. The minimum Gasteiger partial charge on any atom is -0.184 e. The summed E-state index contributed by atoms with van der Waals surface area (Å²) >= 11 is 0. The summed E-state index contributed by atoms with van der Waals surface area (Å²) in [5, 5.41) is 8.25. The predicted molar refractivity (Wildman–Crippen MR) is 59.6 cm³/mol. The highest BCUT2D eigenvalue weighted by molar-refractivity contribution is 5.73. The van der Waals surface area contributed by atoms with Gasteiger partial charge in [0.25, 0.3) is 0 Å². The van der Waals surface area contributed by atoms with Gasteiger partial charge in [-0.25, -0.2) is 0 Å². The summed E-state index contributed by atoms with van der Waals surface area (Å²) in [6, 6.07) is 14.0. The lowest BCUT2D eigenvalue weighted by Crippen LogP contribution is -2.36. The molecule has 0 bridgehead atoms. The number of nitrogens with zero attached hydrogens (tertiary/aromatic N) is 4. The van der Waals surface area contributed by atoms with Crippen LogP contribution in [0.2, 0.25) is 0 Å². The van der Waals surface area contributed by atoms with Crippen LogP contribution in [0.4, 0.5) is 0 Å². The number of pyridine rings is 1. The molecule has 0 fully saturated rings. The molecule has 16 heavy (non-hydrogen) atoms. The first-order valence-corrected chi connectivity index (χ1v) is 5.16. The number of hydrogen-bond acceptors (Lipinski definition) is 2. The number of para-hydroxylation sites is 1. The average Bonchev–Trinajstić information content (AvgIpc) is 2.74. The molecule has 3 aromatic rings. The predicted octanol–water partition coefficient (Wildman–Crippen LogP) is 1.22. The Balaban J connectivity index is 2.01. The van der Waals surface area contributed by atoms with Gasteiger partial charge in [0, 0.05) is 12.1 Å². The molecule has 0 atom stereocenters. The van der Waals surface area contributed by atoms with E-state index in [0.29, 0.717) is 6.67 Å². The van der Waals surface area contributed by atoms with Gasteiger partial charge in [0.05, 0.1) is 5.52 Å². The zero-order valence-electron chi connectivity index (χ0n) is 8.69. The Morgan fingerprint density at radius 1 is 1.00 bits per heavy atom. The zero-order valence-corrected chi connectivity index (χ0v) is 8.69. The van der Waals surface area contributed by atoms with Crippen molar-refractivity contribution in [2.75, 3.05) is 0 Å². The lowest BCUT2D eigenvalue weighted by Gasteiger charge is -1.97. The van der Waals surface area contributed by atoms with E-state index < -0.39 is 0 Å². The van der Waals surface area contributed by atoms with E-state index in [2.05, 4.69) is 14.9 Å². The van der Waals surface area contributed by atoms with E-state index in [0.717, 1.165) is 11.0 Å². The molecule has 0 unspecified atom stereocenters. The Bertz CT molecular complexity index is 600. The van der Waals surface area contributed by atoms with Gasteiger partial charge in [-0.05, 0) is 12.1 Å². The highest BCUT2D eigenvalue weighted by atomic mass is 15.5. The van der Waals surface area contributed by atoms with E-state index in [1.807, 2.05) is 59.5 Å². The third-order valence-electron chi connectivity index (χ3n) is 2.49. The maximum Gasteiger partial charge on any atom is 0.244 e. The van der Waals surface area contributed by atoms with Gasteiger partial charge < -0.3 is 0 Å². The van der Waals surface area contributed by atoms with E-state index in [-0.39, 0.29) is 0 Å². The van der Waals surface area contributed by atoms with E-state index >= 15 is 0 Å². The SMILES string of the molecule is c1cc[n+](Cn2nnc3ccccc32)cc1. The fraction of sp³-hybridized carbons (Fsp3) is 0.0833. The normalized spacial score (nSPS) is 10.8. The van der Waals surface area contributed by atoms with Crippen molar-refractivity contribution in [1.82, 2.24) is 15.0 Å². The number of benzene rings is 1. The molecule has 0 aliphatic heterocycles. The first-order chi connectivity index (χ1) is 7.93. The molecule has 3 rings (SSSR count). The second kappa shape index (κ2) is 3.73. The minimum atomic E-state index is 0.682. The van der Waals surface area contributed by atoms with E-state index in [4.69, 9.17) is 0 Å². The van der Waals surface area contributed by atoms with Crippen molar-refractivity contribution in [1.29, 1.82) is 0 Å². The molecule has 0 spiro atoms. The van der Waals surface area contributed by atoms with Gasteiger partial charge in [-0.1, -0.05) is 23.4 Å². The van der Waals surface area contributed by atoms with Gasteiger partial charge in [0.1, 0.15) is 5.52 Å². The van der Waals surface area contributed by atoms with E-state index in [9.17, 15) is 0 Å². The third kappa shape index (κ3) is 1.54. The summed E-state index contributed by atoms with van der Waals surface area (Å²) in [5.41, 5.74) is 1.98. The number of fused-ring (bicyclic) bond motifs is 1. The van der Waals surface area contributed by atoms with Gasteiger partial charge in [-0.15, -0.1) is 5.10 Å².